The van der Waals surface area contributed by atoms with Gasteiger partial charge in [-0.05, 0) is 61.7 Å². The van der Waals surface area contributed by atoms with Gasteiger partial charge < -0.3 is 10.3 Å². The Morgan fingerprint density at radius 1 is 1.30 bits per heavy atom. The van der Waals surface area contributed by atoms with Crippen LogP contribution in [0, 0.1) is 13.8 Å². The molecule has 0 radical (unpaired) electrons. The molecule has 0 saturated heterocycles. The fourth-order valence-electron chi connectivity index (χ4n) is 1.97. The van der Waals surface area contributed by atoms with Gasteiger partial charge in [-0.3, -0.25) is 0 Å². The van der Waals surface area contributed by atoms with Gasteiger partial charge in [-0.2, -0.15) is 0 Å². The highest BCUT2D eigenvalue weighted by Crippen LogP contribution is 2.28. The van der Waals surface area contributed by atoms with Gasteiger partial charge in [0.1, 0.15) is 5.82 Å². The van der Waals surface area contributed by atoms with E-state index in [1.54, 1.807) is 11.8 Å². The molecule has 4 nitrogen and oxygen atoms in total. The Balaban J connectivity index is 2.15. The van der Waals surface area contributed by atoms with Crippen LogP contribution >= 0.6 is 11.8 Å². The van der Waals surface area contributed by atoms with Crippen molar-refractivity contribution in [2.45, 2.75) is 49.7 Å². The van der Waals surface area contributed by atoms with Crippen LogP contribution in [0.5, 0.6) is 0 Å². The highest BCUT2D eigenvalue weighted by Gasteiger charge is 2.09. The van der Waals surface area contributed by atoms with Crippen LogP contribution in [0.1, 0.15) is 30.3 Å². The van der Waals surface area contributed by atoms with Crippen LogP contribution in [0.4, 0.5) is 0 Å². The molecular formula is C15H22N4S. The molecular weight excluding hydrogens is 268 g/mol. The van der Waals surface area contributed by atoms with Gasteiger partial charge in [-0.1, -0.05) is 13.0 Å². The van der Waals surface area contributed by atoms with Gasteiger partial charge in [-0.25, -0.2) is 0 Å². The highest BCUT2D eigenvalue weighted by atomic mass is 32.2. The van der Waals surface area contributed by atoms with Gasteiger partial charge in [0.05, 0.1) is 0 Å². The molecule has 0 aliphatic rings. The van der Waals surface area contributed by atoms with Crippen molar-refractivity contribution in [1.29, 1.82) is 0 Å². The third-order valence-electron chi connectivity index (χ3n) is 3.58. The summed E-state index contributed by atoms with van der Waals surface area (Å²) in [5.41, 5.74) is 8.65. The van der Waals surface area contributed by atoms with E-state index in [1.807, 2.05) is 18.5 Å². The first-order valence-corrected chi connectivity index (χ1v) is 7.71. The van der Waals surface area contributed by atoms with E-state index in [4.69, 9.17) is 5.73 Å². The summed E-state index contributed by atoms with van der Waals surface area (Å²) in [5.74, 6) is 0.926. The molecule has 0 aliphatic carbocycles. The molecule has 5 heteroatoms. The molecule has 2 aromatic rings. The predicted octanol–water partition coefficient (Wildman–Crippen LogP) is 2.86. The summed E-state index contributed by atoms with van der Waals surface area (Å²) >= 11 is 1.64. The Kier molecular flexibility index (Phi) is 4.83. The summed E-state index contributed by atoms with van der Waals surface area (Å²) in [6.45, 7) is 6.22. The lowest BCUT2D eigenvalue weighted by Crippen LogP contribution is -2.21. The van der Waals surface area contributed by atoms with Gasteiger partial charge in [-0.15, -0.1) is 10.2 Å². The van der Waals surface area contributed by atoms with E-state index in [-0.39, 0.29) is 6.04 Å². The maximum atomic E-state index is 6.03. The van der Waals surface area contributed by atoms with Crippen molar-refractivity contribution in [3.63, 3.8) is 0 Å². The molecule has 2 rings (SSSR count). The smallest absolute Gasteiger partial charge is 0.195 e. The molecule has 0 spiro atoms. The Morgan fingerprint density at radius 3 is 2.60 bits per heavy atom. The number of aromatic nitrogens is 3. The van der Waals surface area contributed by atoms with Gasteiger partial charge in [0, 0.05) is 18.0 Å². The van der Waals surface area contributed by atoms with Crippen molar-refractivity contribution in [3.8, 4) is 0 Å². The Hall–Kier alpha value is -1.33. The molecule has 0 saturated carbocycles. The van der Waals surface area contributed by atoms with E-state index in [0.29, 0.717) is 0 Å². The molecule has 1 atom stereocenters. The normalized spacial score (nSPS) is 12.7. The SMILES string of the molecule is CCC(N)Cc1ccc(Sc2nnc(C)n2C)cc1C. The summed E-state index contributed by atoms with van der Waals surface area (Å²) in [4.78, 5) is 1.19. The molecule has 1 aromatic carbocycles. The standard InChI is InChI=1S/C15H22N4S/c1-5-13(16)9-12-6-7-14(8-10(12)2)20-15-18-17-11(3)19(15)4/h6-8,13H,5,9,16H2,1-4H3. The maximum absolute atomic E-state index is 6.03. The van der Waals surface area contributed by atoms with Crippen LogP contribution in [0.15, 0.2) is 28.3 Å². The highest BCUT2D eigenvalue weighted by molar-refractivity contribution is 7.99. The van der Waals surface area contributed by atoms with Crippen LogP contribution < -0.4 is 5.73 Å². The molecule has 20 heavy (non-hydrogen) atoms. The van der Waals surface area contributed by atoms with Gasteiger partial charge >= 0.3 is 0 Å². The second kappa shape index (κ2) is 6.41. The zero-order valence-corrected chi connectivity index (χ0v) is 13.4. The molecule has 0 bridgehead atoms. The van der Waals surface area contributed by atoms with Gasteiger partial charge in [0.15, 0.2) is 5.16 Å². The lowest BCUT2D eigenvalue weighted by atomic mass is 10.0. The van der Waals surface area contributed by atoms with Crippen LogP contribution in [-0.2, 0) is 13.5 Å². The minimum absolute atomic E-state index is 0.244. The lowest BCUT2D eigenvalue weighted by molar-refractivity contribution is 0.644. The first-order valence-electron chi connectivity index (χ1n) is 6.90. The maximum Gasteiger partial charge on any atom is 0.195 e. The largest absolute Gasteiger partial charge is 0.327 e. The van der Waals surface area contributed by atoms with Crippen molar-refractivity contribution in [2.24, 2.45) is 12.8 Å². The molecule has 0 fully saturated rings. The predicted molar refractivity (Wildman–Crippen MR) is 83.0 cm³/mol. The average molecular weight is 290 g/mol. The van der Waals surface area contributed by atoms with Crippen LogP contribution in [-0.4, -0.2) is 20.8 Å². The first-order chi connectivity index (χ1) is 9.51. The average Bonchev–Trinajstić information content (AvgIpc) is 2.73. The van der Waals surface area contributed by atoms with Crippen molar-refractivity contribution >= 4 is 11.8 Å². The monoisotopic (exact) mass is 290 g/mol. The van der Waals surface area contributed by atoms with Crippen molar-refractivity contribution in [1.82, 2.24) is 14.8 Å². The number of benzene rings is 1. The van der Waals surface area contributed by atoms with E-state index in [9.17, 15) is 0 Å². The third kappa shape index (κ3) is 3.41. The second-order valence-corrected chi connectivity index (χ2v) is 6.19. The molecule has 2 N–H and O–H groups in total. The van der Waals surface area contributed by atoms with E-state index in [1.165, 1.54) is 16.0 Å². The minimum Gasteiger partial charge on any atom is -0.327 e. The molecule has 1 aromatic heterocycles. The summed E-state index contributed by atoms with van der Waals surface area (Å²) in [6, 6.07) is 6.76. The minimum atomic E-state index is 0.244. The number of hydrogen-bond acceptors (Lipinski definition) is 4. The molecule has 0 aliphatic heterocycles. The number of aryl methyl sites for hydroxylation is 2. The van der Waals surface area contributed by atoms with Crippen LogP contribution in [0.3, 0.4) is 0 Å². The molecule has 108 valence electrons. The van der Waals surface area contributed by atoms with E-state index in [0.717, 1.165) is 23.8 Å². The number of rotatable bonds is 5. The quantitative estimate of drug-likeness (QED) is 0.920. The molecule has 0 amide bonds. The Labute approximate surface area is 124 Å². The number of hydrogen-bond donors (Lipinski definition) is 1. The summed E-state index contributed by atoms with van der Waals surface area (Å²) in [5, 5.41) is 9.18. The summed E-state index contributed by atoms with van der Waals surface area (Å²) < 4.78 is 2.00. The van der Waals surface area contributed by atoms with Crippen molar-refractivity contribution in [3.05, 3.63) is 35.2 Å². The van der Waals surface area contributed by atoms with Crippen LogP contribution in [0.2, 0.25) is 0 Å². The zero-order valence-electron chi connectivity index (χ0n) is 12.6. The Bertz CT molecular complexity index is 592. The fraction of sp³-hybridized carbons (Fsp3) is 0.467. The Morgan fingerprint density at radius 2 is 2.05 bits per heavy atom. The van der Waals surface area contributed by atoms with Gasteiger partial charge in [0.2, 0.25) is 0 Å². The van der Waals surface area contributed by atoms with E-state index >= 15 is 0 Å². The van der Waals surface area contributed by atoms with Crippen molar-refractivity contribution < 1.29 is 0 Å². The number of nitrogens with zero attached hydrogens (tertiary/aromatic N) is 3. The van der Waals surface area contributed by atoms with Crippen molar-refractivity contribution in [2.75, 3.05) is 0 Å². The third-order valence-corrected chi connectivity index (χ3v) is 4.61. The second-order valence-electron chi connectivity index (χ2n) is 5.15. The van der Waals surface area contributed by atoms with E-state index < -0.39 is 0 Å². The molecule has 1 unspecified atom stereocenters. The first kappa shape index (κ1) is 15.1. The topological polar surface area (TPSA) is 56.7 Å². The fourth-order valence-corrected chi connectivity index (χ4v) is 2.90. The lowest BCUT2D eigenvalue weighted by Gasteiger charge is -2.12. The van der Waals surface area contributed by atoms with E-state index in [2.05, 4.69) is 42.2 Å². The summed E-state index contributed by atoms with van der Waals surface area (Å²) in [6.07, 6.45) is 1.95. The van der Waals surface area contributed by atoms with Gasteiger partial charge in [0.25, 0.3) is 0 Å². The number of nitrogens with two attached hydrogens (primary N) is 1. The summed E-state index contributed by atoms with van der Waals surface area (Å²) in [7, 11) is 1.99. The molecule has 1 heterocycles. The van der Waals surface area contributed by atoms with Crippen LogP contribution in [0.25, 0.3) is 0 Å². The zero-order chi connectivity index (χ0) is 14.7.